The van der Waals surface area contributed by atoms with Crippen LogP contribution in [-0.4, -0.2) is 4.92 Å². The second-order valence-electron chi connectivity index (χ2n) is 3.85. The van der Waals surface area contributed by atoms with Crippen LogP contribution in [-0.2, 0) is 0 Å². The Morgan fingerprint density at radius 3 is 2.50 bits per heavy atom. The van der Waals surface area contributed by atoms with Gasteiger partial charge in [-0.3, -0.25) is 16.0 Å². The Labute approximate surface area is 133 Å². The number of nitrogens with two attached hydrogens (primary N) is 1. The van der Waals surface area contributed by atoms with Gasteiger partial charge in [0.25, 0.3) is 0 Å². The number of rotatable bonds is 4. The molecule has 0 amide bonds. The molecule has 2 aromatic carbocycles. The molecule has 0 heterocycles. The van der Waals surface area contributed by atoms with Gasteiger partial charge in [0.1, 0.15) is 11.4 Å². The van der Waals surface area contributed by atoms with E-state index in [9.17, 15) is 10.1 Å². The molecular formula is C12H10ClIN4O2. The maximum absolute atomic E-state index is 11.2. The SMILES string of the molecule is NNc1cccc(Nc2ccc(Cl)cc2I)c1[N+](=O)[O-]. The van der Waals surface area contributed by atoms with Crippen molar-refractivity contribution in [2.45, 2.75) is 0 Å². The van der Waals surface area contributed by atoms with Crippen LogP contribution in [0.15, 0.2) is 36.4 Å². The maximum Gasteiger partial charge on any atom is 0.316 e. The van der Waals surface area contributed by atoms with Crippen LogP contribution < -0.4 is 16.6 Å². The van der Waals surface area contributed by atoms with E-state index in [4.69, 9.17) is 17.4 Å². The van der Waals surface area contributed by atoms with E-state index >= 15 is 0 Å². The molecule has 0 aliphatic carbocycles. The molecular weight excluding hydrogens is 395 g/mol. The van der Waals surface area contributed by atoms with Crippen molar-refractivity contribution >= 4 is 56.9 Å². The van der Waals surface area contributed by atoms with Crippen molar-refractivity contribution in [1.82, 2.24) is 0 Å². The minimum absolute atomic E-state index is 0.110. The first-order valence-electron chi connectivity index (χ1n) is 5.49. The van der Waals surface area contributed by atoms with Gasteiger partial charge in [0, 0.05) is 8.59 Å². The maximum atomic E-state index is 11.2. The van der Waals surface area contributed by atoms with Crippen molar-refractivity contribution in [1.29, 1.82) is 0 Å². The molecule has 0 saturated heterocycles. The van der Waals surface area contributed by atoms with Crippen molar-refractivity contribution in [3.05, 3.63) is 55.1 Å². The number of benzene rings is 2. The quantitative estimate of drug-likeness (QED) is 0.311. The van der Waals surface area contributed by atoms with Gasteiger partial charge in [0.15, 0.2) is 0 Å². The molecule has 2 rings (SSSR count). The highest BCUT2D eigenvalue weighted by atomic mass is 127. The van der Waals surface area contributed by atoms with Gasteiger partial charge in [-0.05, 0) is 52.9 Å². The van der Waals surface area contributed by atoms with Crippen LogP contribution in [0.3, 0.4) is 0 Å². The van der Waals surface area contributed by atoms with Gasteiger partial charge in [0.2, 0.25) is 0 Å². The summed E-state index contributed by atoms with van der Waals surface area (Å²) in [6.07, 6.45) is 0. The van der Waals surface area contributed by atoms with E-state index < -0.39 is 4.92 Å². The molecule has 0 saturated carbocycles. The summed E-state index contributed by atoms with van der Waals surface area (Å²) in [5, 5.41) is 14.8. The Morgan fingerprint density at radius 2 is 1.90 bits per heavy atom. The number of halogens is 2. The molecule has 0 aliphatic heterocycles. The number of nitrogens with one attached hydrogen (secondary N) is 2. The summed E-state index contributed by atoms with van der Waals surface area (Å²) in [6, 6.07) is 10.1. The van der Waals surface area contributed by atoms with E-state index in [1.54, 1.807) is 30.3 Å². The van der Waals surface area contributed by atoms with Crippen molar-refractivity contribution in [3.63, 3.8) is 0 Å². The number of nitrogen functional groups attached to an aromatic ring is 1. The van der Waals surface area contributed by atoms with Gasteiger partial charge in [-0.15, -0.1) is 0 Å². The Balaban J connectivity index is 2.45. The van der Waals surface area contributed by atoms with Crippen molar-refractivity contribution in [2.24, 2.45) is 5.84 Å². The molecule has 4 N–H and O–H groups in total. The van der Waals surface area contributed by atoms with E-state index in [1.165, 1.54) is 6.07 Å². The fraction of sp³-hybridized carbons (Fsp3) is 0. The fourth-order valence-electron chi connectivity index (χ4n) is 1.69. The van der Waals surface area contributed by atoms with Gasteiger partial charge < -0.3 is 10.7 Å². The van der Waals surface area contributed by atoms with Crippen molar-refractivity contribution in [2.75, 3.05) is 10.7 Å². The molecule has 0 aromatic heterocycles. The Kier molecular flexibility index (Phi) is 4.63. The molecule has 0 atom stereocenters. The average Bonchev–Trinajstić information content (AvgIpc) is 2.41. The predicted molar refractivity (Wildman–Crippen MR) is 88.4 cm³/mol. The molecule has 0 unspecified atom stereocenters. The first-order valence-corrected chi connectivity index (χ1v) is 6.94. The lowest BCUT2D eigenvalue weighted by atomic mass is 10.2. The number of nitro groups is 1. The van der Waals surface area contributed by atoms with E-state index in [0.29, 0.717) is 10.7 Å². The van der Waals surface area contributed by atoms with E-state index in [2.05, 4.69) is 33.3 Å². The smallest absolute Gasteiger partial charge is 0.316 e. The van der Waals surface area contributed by atoms with Crippen LogP contribution in [0.5, 0.6) is 0 Å². The second-order valence-corrected chi connectivity index (χ2v) is 5.45. The zero-order chi connectivity index (χ0) is 14.7. The zero-order valence-corrected chi connectivity index (χ0v) is 13.0. The molecule has 0 fully saturated rings. The van der Waals surface area contributed by atoms with E-state index in [-0.39, 0.29) is 11.4 Å². The standard InChI is InChI=1S/C12H10ClIN4O2/c13-7-4-5-9(8(14)6-7)16-10-2-1-3-11(17-15)12(10)18(19)20/h1-6,16-17H,15H2. The molecule has 0 bridgehead atoms. The average molecular weight is 405 g/mol. The molecule has 8 heteroatoms. The highest BCUT2D eigenvalue weighted by molar-refractivity contribution is 14.1. The fourth-order valence-corrected chi connectivity index (χ4v) is 2.70. The lowest BCUT2D eigenvalue weighted by Gasteiger charge is -2.11. The summed E-state index contributed by atoms with van der Waals surface area (Å²) in [7, 11) is 0. The molecule has 104 valence electrons. The lowest BCUT2D eigenvalue weighted by molar-refractivity contribution is -0.383. The van der Waals surface area contributed by atoms with Crippen LogP contribution in [0.25, 0.3) is 0 Å². The molecule has 2 aromatic rings. The Bertz CT molecular complexity index is 666. The first kappa shape index (κ1) is 14.8. The summed E-state index contributed by atoms with van der Waals surface area (Å²) < 4.78 is 0.857. The number of hydrogen-bond acceptors (Lipinski definition) is 5. The third kappa shape index (κ3) is 3.11. The summed E-state index contributed by atoms with van der Waals surface area (Å²) >= 11 is 7.98. The molecule has 20 heavy (non-hydrogen) atoms. The summed E-state index contributed by atoms with van der Waals surface area (Å²) in [5.74, 6) is 5.30. The normalized spacial score (nSPS) is 10.2. The number of hydrazine groups is 1. The monoisotopic (exact) mass is 404 g/mol. The number of anilines is 3. The third-order valence-electron chi connectivity index (χ3n) is 2.57. The Hall–Kier alpha value is -1.58. The van der Waals surface area contributed by atoms with Gasteiger partial charge in [-0.25, -0.2) is 0 Å². The van der Waals surface area contributed by atoms with Gasteiger partial charge in [-0.1, -0.05) is 17.7 Å². The summed E-state index contributed by atoms with van der Waals surface area (Å²) in [6.45, 7) is 0. The summed E-state index contributed by atoms with van der Waals surface area (Å²) in [5.41, 5.74) is 3.53. The second kappa shape index (κ2) is 6.25. The minimum Gasteiger partial charge on any atom is -0.349 e. The highest BCUT2D eigenvalue weighted by Gasteiger charge is 2.19. The van der Waals surface area contributed by atoms with Crippen LogP contribution in [0, 0.1) is 13.7 Å². The van der Waals surface area contributed by atoms with Gasteiger partial charge in [-0.2, -0.15) is 0 Å². The van der Waals surface area contributed by atoms with E-state index in [0.717, 1.165) is 9.26 Å². The minimum atomic E-state index is -0.486. The highest BCUT2D eigenvalue weighted by Crippen LogP contribution is 2.35. The topological polar surface area (TPSA) is 93.2 Å². The number of hydrogen-bond donors (Lipinski definition) is 3. The zero-order valence-electron chi connectivity index (χ0n) is 10.1. The molecule has 0 spiro atoms. The molecule has 0 aliphatic rings. The number of para-hydroxylation sites is 1. The van der Waals surface area contributed by atoms with Crippen LogP contribution in [0.4, 0.5) is 22.7 Å². The first-order chi connectivity index (χ1) is 9.52. The summed E-state index contributed by atoms with van der Waals surface area (Å²) in [4.78, 5) is 10.7. The molecule has 0 radical (unpaired) electrons. The van der Waals surface area contributed by atoms with E-state index in [1.807, 2.05) is 0 Å². The molecule has 6 nitrogen and oxygen atoms in total. The van der Waals surface area contributed by atoms with Crippen LogP contribution in [0.2, 0.25) is 5.02 Å². The van der Waals surface area contributed by atoms with Crippen LogP contribution in [0.1, 0.15) is 0 Å². The largest absolute Gasteiger partial charge is 0.349 e. The predicted octanol–water partition coefficient (Wildman–Crippen LogP) is 3.88. The lowest BCUT2D eigenvalue weighted by Crippen LogP contribution is -2.10. The Morgan fingerprint density at radius 1 is 1.20 bits per heavy atom. The van der Waals surface area contributed by atoms with Crippen molar-refractivity contribution < 1.29 is 4.92 Å². The van der Waals surface area contributed by atoms with Crippen LogP contribution >= 0.6 is 34.2 Å². The van der Waals surface area contributed by atoms with Crippen molar-refractivity contribution in [3.8, 4) is 0 Å². The number of nitrogens with zero attached hydrogens (tertiary/aromatic N) is 1. The van der Waals surface area contributed by atoms with Gasteiger partial charge >= 0.3 is 5.69 Å². The van der Waals surface area contributed by atoms with Gasteiger partial charge in [0.05, 0.1) is 10.6 Å². The third-order valence-corrected chi connectivity index (χ3v) is 3.70. The number of nitro benzene ring substituents is 1.